The number of benzene rings is 1. The van der Waals surface area contributed by atoms with E-state index in [0.29, 0.717) is 17.7 Å². The zero-order chi connectivity index (χ0) is 13.9. The zero-order valence-electron chi connectivity index (χ0n) is 11.4. The number of Topliss-reactive ketones (excluding diaryl/α,β-unsaturated/α-hetero) is 1. The summed E-state index contributed by atoms with van der Waals surface area (Å²) in [6.45, 7) is 4.46. The molecule has 1 aromatic rings. The molecule has 0 bridgehead atoms. The van der Waals surface area contributed by atoms with Crippen molar-refractivity contribution in [2.75, 3.05) is 6.61 Å². The van der Waals surface area contributed by atoms with Gasteiger partial charge in [0.25, 0.3) is 0 Å². The molecule has 1 rings (SSSR count). The highest BCUT2D eigenvalue weighted by atomic mass is 16.6. The summed E-state index contributed by atoms with van der Waals surface area (Å²) in [5.41, 5.74) is 1.24. The van der Waals surface area contributed by atoms with Crippen molar-refractivity contribution in [2.24, 2.45) is 5.16 Å². The Labute approximate surface area is 114 Å². The molecule has 0 unspecified atom stereocenters. The first-order chi connectivity index (χ1) is 9.29. The van der Waals surface area contributed by atoms with Crippen LogP contribution in [0.25, 0.3) is 0 Å². The summed E-state index contributed by atoms with van der Waals surface area (Å²) >= 11 is 0. The number of oxime groups is 1. The molecule has 0 fully saturated rings. The number of nitrogens with zero attached hydrogens (tertiary/aromatic N) is 1. The molecule has 0 radical (unpaired) electrons. The summed E-state index contributed by atoms with van der Waals surface area (Å²) < 4.78 is 0. The molecule has 1 aromatic carbocycles. The molecule has 0 aliphatic heterocycles. The fraction of sp³-hybridized carbons (Fsp3) is 0.250. The molecule has 0 aromatic heterocycles. The minimum absolute atomic E-state index is 0.0272. The van der Waals surface area contributed by atoms with Gasteiger partial charge in [-0.2, -0.15) is 0 Å². The summed E-state index contributed by atoms with van der Waals surface area (Å²) in [4.78, 5) is 17.2. The number of ketones is 1. The monoisotopic (exact) mass is 257 g/mol. The first-order valence-corrected chi connectivity index (χ1v) is 6.37. The van der Waals surface area contributed by atoms with Crippen LogP contribution in [-0.2, 0) is 4.84 Å². The second kappa shape index (κ2) is 8.86. The van der Waals surface area contributed by atoms with Gasteiger partial charge in [-0.3, -0.25) is 4.79 Å². The van der Waals surface area contributed by atoms with E-state index in [1.807, 2.05) is 38.1 Å². The maximum atomic E-state index is 12.2. The third kappa shape index (κ3) is 5.34. The Morgan fingerprint density at radius 1 is 1.32 bits per heavy atom. The van der Waals surface area contributed by atoms with Gasteiger partial charge in [0.2, 0.25) is 0 Å². The number of hydrogen-bond donors (Lipinski definition) is 0. The summed E-state index contributed by atoms with van der Waals surface area (Å²) in [5.74, 6) is -0.0272. The van der Waals surface area contributed by atoms with E-state index in [1.54, 1.807) is 24.3 Å². The minimum Gasteiger partial charge on any atom is -0.396 e. The predicted molar refractivity (Wildman–Crippen MR) is 78.4 cm³/mol. The molecule has 0 saturated carbocycles. The standard InChI is InChI=1S/C16H19NO2/c1-3-8-14(11-12-17-19-13-4-2)16(18)15-9-6-5-7-10-15/h3,5-12H,4,13H2,1-2H3/b8-3-,14-11+,17-12+. The van der Waals surface area contributed by atoms with Gasteiger partial charge in [0, 0.05) is 11.1 Å². The van der Waals surface area contributed by atoms with Crippen molar-refractivity contribution >= 4 is 12.0 Å². The maximum Gasteiger partial charge on any atom is 0.193 e. The van der Waals surface area contributed by atoms with Crippen molar-refractivity contribution in [3.05, 3.63) is 59.7 Å². The third-order valence-corrected chi connectivity index (χ3v) is 2.33. The summed E-state index contributed by atoms with van der Waals surface area (Å²) in [6, 6.07) is 9.17. The molecule has 19 heavy (non-hydrogen) atoms. The second-order valence-corrected chi connectivity index (χ2v) is 3.90. The van der Waals surface area contributed by atoms with Gasteiger partial charge in [0.05, 0.1) is 6.21 Å². The van der Waals surface area contributed by atoms with Gasteiger partial charge in [-0.1, -0.05) is 54.6 Å². The van der Waals surface area contributed by atoms with Crippen molar-refractivity contribution in [2.45, 2.75) is 20.3 Å². The smallest absolute Gasteiger partial charge is 0.193 e. The Hall–Kier alpha value is -2.16. The molecule has 0 N–H and O–H groups in total. The number of rotatable bonds is 7. The number of carbonyl (C=O) groups excluding carboxylic acids is 1. The van der Waals surface area contributed by atoms with Crippen molar-refractivity contribution in [3.8, 4) is 0 Å². The van der Waals surface area contributed by atoms with Crippen LogP contribution < -0.4 is 0 Å². The number of hydrogen-bond acceptors (Lipinski definition) is 3. The van der Waals surface area contributed by atoms with Gasteiger partial charge in [-0.25, -0.2) is 0 Å². The van der Waals surface area contributed by atoms with Gasteiger partial charge in [-0.15, -0.1) is 0 Å². The molecule has 0 amide bonds. The first-order valence-electron chi connectivity index (χ1n) is 6.37. The molecule has 3 nitrogen and oxygen atoms in total. The Balaban J connectivity index is 2.80. The lowest BCUT2D eigenvalue weighted by Gasteiger charge is -2.00. The minimum atomic E-state index is -0.0272. The highest BCUT2D eigenvalue weighted by Gasteiger charge is 2.07. The maximum absolute atomic E-state index is 12.2. The Bertz CT molecular complexity index is 473. The largest absolute Gasteiger partial charge is 0.396 e. The molecule has 0 atom stereocenters. The average molecular weight is 257 g/mol. The van der Waals surface area contributed by atoms with Crippen LogP contribution in [0, 0.1) is 0 Å². The summed E-state index contributed by atoms with van der Waals surface area (Å²) in [6.07, 6.45) is 7.66. The third-order valence-electron chi connectivity index (χ3n) is 2.33. The normalized spacial score (nSPS) is 12.2. The summed E-state index contributed by atoms with van der Waals surface area (Å²) in [7, 11) is 0. The molecule has 0 aliphatic rings. The van der Waals surface area contributed by atoms with Gasteiger partial charge >= 0.3 is 0 Å². The van der Waals surface area contributed by atoms with Crippen LogP contribution in [-0.4, -0.2) is 18.6 Å². The molecule has 0 saturated heterocycles. The lowest BCUT2D eigenvalue weighted by molar-refractivity contribution is 0.103. The van der Waals surface area contributed by atoms with E-state index < -0.39 is 0 Å². The molecule has 0 heterocycles. The van der Waals surface area contributed by atoms with Gasteiger partial charge in [0.1, 0.15) is 6.61 Å². The highest BCUT2D eigenvalue weighted by molar-refractivity contribution is 6.12. The lowest BCUT2D eigenvalue weighted by Crippen LogP contribution is -2.01. The van der Waals surface area contributed by atoms with E-state index in [4.69, 9.17) is 4.84 Å². The van der Waals surface area contributed by atoms with Crippen LogP contribution in [0.5, 0.6) is 0 Å². The van der Waals surface area contributed by atoms with Crippen molar-refractivity contribution in [1.82, 2.24) is 0 Å². The van der Waals surface area contributed by atoms with Gasteiger partial charge < -0.3 is 4.84 Å². The topological polar surface area (TPSA) is 38.7 Å². The molecule has 0 spiro atoms. The Morgan fingerprint density at radius 2 is 2.05 bits per heavy atom. The molecule has 0 aliphatic carbocycles. The molecular formula is C16H19NO2. The van der Waals surface area contributed by atoms with E-state index in [0.717, 1.165) is 6.42 Å². The first kappa shape index (κ1) is 14.9. The quantitative estimate of drug-likeness (QED) is 0.186. The van der Waals surface area contributed by atoms with Gasteiger partial charge in [-0.05, 0) is 19.4 Å². The van der Waals surface area contributed by atoms with E-state index >= 15 is 0 Å². The van der Waals surface area contributed by atoms with Crippen molar-refractivity contribution < 1.29 is 9.63 Å². The van der Waals surface area contributed by atoms with E-state index in [1.165, 1.54) is 6.21 Å². The molecule has 100 valence electrons. The number of allylic oxidation sites excluding steroid dienone is 4. The van der Waals surface area contributed by atoms with Crippen LogP contribution in [0.15, 0.2) is 59.3 Å². The fourth-order valence-corrected chi connectivity index (χ4v) is 1.44. The summed E-state index contributed by atoms with van der Waals surface area (Å²) in [5, 5.41) is 3.77. The van der Waals surface area contributed by atoms with Crippen molar-refractivity contribution in [3.63, 3.8) is 0 Å². The lowest BCUT2D eigenvalue weighted by atomic mass is 10.0. The van der Waals surface area contributed by atoms with Crippen molar-refractivity contribution in [1.29, 1.82) is 0 Å². The van der Waals surface area contributed by atoms with E-state index in [2.05, 4.69) is 5.16 Å². The Morgan fingerprint density at radius 3 is 2.68 bits per heavy atom. The predicted octanol–water partition coefficient (Wildman–Crippen LogP) is 3.78. The SMILES string of the molecule is C\C=C/C(=C\C=N\OCCC)C(=O)c1ccccc1. The van der Waals surface area contributed by atoms with Crippen LogP contribution in [0.3, 0.4) is 0 Å². The van der Waals surface area contributed by atoms with E-state index in [-0.39, 0.29) is 5.78 Å². The van der Waals surface area contributed by atoms with E-state index in [9.17, 15) is 4.79 Å². The molecular weight excluding hydrogens is 238 g/mol. The highest BCUT2D eigenvalue weighted by Crippen LogP contribution is 2.09. The second-order valence-electron chi connectivity index (χ2n) is 3.90. The van der Waals surface area contributed by atoms with Crippen LogP contribution >= 0.6 is 0 Å². The molecule has 3 heteroatoms. The number of carbonyl (C=O) groups is 1. The van der Waals surface area contributed by atoms with Crippen LogP contribution in [0.1, 0.15) is 30.6 Å². The van der Waals surface area contributed by atoms with Crippen LogP contribution in [0.2, 0.25) is 0 Å². The Kier molecular flexibility index (Phi) is 6.95. The van der Waals surface area contributed by atoms with Gasteiger partial charge in [0.15, 0.2) is 5.78 Å². The fourth-order valence-electron chi connectivity index (χ4n) is 1.44. The van der Waals surface area contributed by atoms with Crippen LogP contribution in [0.4, 0.5) is 0 Å². The average Bonchev–Trinajstić information content (AvgIpc) is 2.46. The zero-order valence-corrected chi connectivity index (χ0v) is 11.4.